The number of amides is 1. The molecule has 0 radical (unpaired) electrons. The molecule has 9 heteroatoms. The standard InChI is InChI=1S/C12H16N2O5S2/c13-10(15)8-19-12(16)9-3-5-14(6-4-9)21(17,18)11-2-1-7-20-11/h1-2,7,9H,3-6,8H2,(H2,13,15). The van der Waals surface area contributed by atoms with E-state index in [0.29, 0.717) is 17.1 Å². The molecule has 0 aromatic carbocycles. The topological polar surface area (TPSA) is 107 Å². The van der Waals surface area contributed by atoms with Gasteiger partial charge in [-0.2, -0.15) is 4.31 Å². The molecule has 2 rings (SSSR count). The smallest absolute Gasteiger partial charge is 0.309 e. The molecule has 0 aliphatic carbocycles. The second kappa shape index (κ2) is 6.54. The van der Waals surface area contributed by atoms with Crippen LogP contribution in [0.5, 0.6) is 0 Å². The van der Waals surface area contributed by atoms with Gasteiger partial charge >= 0.3 is 5.97 Å². The molecule has 0 unspecified atom stereocenters. The van der Waals surface area contributed by atoms with Crippen molar-refractivity contribution in [3.63, 3.8) is 0 Å². The van der Waals surface area contributed by atoms with E-state index in [1.54, 1.807) is 17.5 Å². The first-order valence-corrected chi connectivity index (χ1v) is 8.72. The number of carbonyl (C=O) groups excluding carboxylic acids is 2. The molecule has 21 heavy (non-hydrogen) atoms. The quantitative estimate of drug-likeness (QED) is 0.774. The number of rotatable bonds is 5. The van der Waals surface area contributed by atoms with E-state index in [4.69, 9.17) is 10.5 Å². The van der Waals surface area contributed by atoms with E-state index in [2.05, 4.69) is 0 Å². The van der Waals surface area contributed by atoms with Gasteiger partial charge in [-0.3, -0.25) is 9.59 Å². The van der Waals surface area contributed by atoms with Crippen molar-refractivity contribution in [3.8, 4) is 0 Å². The van der Waals surface area contributed by atoms with Crippen LogP contribution in [-0.2, 0) is 24.3 Å². The van der Waals surface area contributed by atoms with Crippen LogP contribution in [0, 0.1) is 5.92 Å². The van der Waals surface area contributed by atoms with Crippen LogP contribution in [0.3, 0.4) is 0 Å². The molecule has 7 nitrogen and oxygen atoms in total. The summed E-state index contributed by atoms with van der Waals surface area (Å²) < 4.78 is 31.0. The number of nitrogens with two attached hydrogens (primary N) is 1. The first kappa shape index (κ1) is 15.9. The van der Waals surface area contributed by atoms with Crippen molar-refractivity contribution in [2.75, 3.05) is 19.7 Å². The van der Waals surface area contributed by atoms with E-state index >= 15 is 0 Å². The fourth-order valence-corrected chi connectivity index (χ4v) is 4.74. The molecule has 1 fully saturated rings. The van der Waals surface area contributed by atoms with Crippen molar-refractivity contribution in [1.82, 2.24) is 4.31 Å². The van der Waals surface area contributed by atoms with Crippen molar-refractivity contribution in [1.29, 1.82) is 0 Å². The second-order valence-electron chi connectivity index (χ2n) is 4.68. The number of nitrogens with zero attached hydrogens (tertiary/aromatic N) is 1. The van der Waals surface area contributed by atoms with E-state index in [9.17, 15) is 18.0 Å². The summed E-state index contributed by atoms with van der Waals surface area (Å²) in [6, 6.07) is 3.25. The molecule has 1 saturated heterocycles. The number of esters is 1. The Balaban J connectivity index is 1.91. The van der Waals surface area contributed by atoms with Crippen molar-refractivity contribution in [2.45, 2.75) is 17.1 Å². The number of hydrogen-bond donors (Lipinski definition) is 1. The Morgan fingerprint density at radius 2 is 2.05 bits per heavy atom. The molecule has 0 saturated carbocycles. The number of sulfonamides is 1. The SMILES string of the molecule is NC(=O)COC(=O)C1CCN(S(=O)(=O)c2cccs2)CC1. The predicted octanol–water partition coefficient (Wildman–Crippen LogP) is 0.177. The number of ether oxygens (including phenoxy) is 1. The van der Waals surface area contributed by atoms with Crippen molar-refractivity contribution >= 4 is 33.2 Å². The molecular formula is C12H16N2O5S2. The van der Waals surface area contributed by atoms with Crippen LogP contribution in [0.1, 0.15) is 12.8 Å². The number of hydrogen-bond acceptors (Lipinski definition) is 6. The minimum Gasteiger partial charge on any atom is -0.455 e. The first-order chi connectivity index (χ1) is 9.91. The summed E-state index contributed by atoms with van der Waals surface area (Å²) in [5.41, 5.74) is 4.90. The van der Waals surface area contributed by atoms with Gasteiger partial charge in [0.15, 0.2) is 6.61 Å². The highest BCUT2D eigenvalue weighted by Crippen LogP contribution is 2.26. The predicted molar refractivity (Wildman–Crippen MR) is 76.0 cm³/mol. The van der Waals surface area contributed by atoms with E-state index in [1.807, 2.05) is 0 Å². The molecule has 1 aromatic rings. The fourth-order valence-electron chi connectivity index (χ4n) is 2.13. The minimum atomic E-state index is -3.47. The Hall–Kier alpha value is -1.45. The highest BCUT2D eigenvalue weighted by molar-refractivity contribution is 7.91. The summed E-state index contributed by atoms with van der Waals surface area (Å²) in [5.74, 6) is -1.60. The lowest BCUT2D eigenvalue weighted by atomic mass is 9.98. The minimum absolute atomic E-state index is 0.260. The monoisotopic (exact) mass is 332 g/mol. The molecule has 1 aromatic heterocycles. The van der Waals surface area contributed by atoms with Crippen LogP contribution in [-0.4, -0.2) is 44.3 Å². The third-order valence-electron chi connectivity index (χ3n) is 3.23. The zero-order valence-corrected chi connectivity index (χ0v) is 12.9. The lowest BCUT2D eigenvalue weighted by Gasteiger charge is -2.29. The Kier molecular flexibility index (Phi) is 4.96. The summed E-state index contributed by atoms with van der Waals surface area (Å²) in [6.45, 7) is 0.0830. The summed E-state index contributed by atoms with van der Waals surface area (Å²) in [5, 5.41) is 1.71. The van der Waals surface area contributed by atoms with Crippen LogP contribution in [0.4, 0.5) is 0 Å². The fraction of sp³-hybridized carbons (Fsp3) is 0.500. The molecule has 1 amide bonds. The van der Waals surface area contributed by atoms with Gasteiger partial charge in [0.25, 0.3) is 15.9 Å². The molecule has 1 aliphatic rings. The van der Waals surface area contributed by atoms with Crippen LogP contribution in [0.15, 0.2) is 21.7 Å². The highest BCUT2D eigenvalue weighted by atomic mass is 32.2. The lowest BCUT2D eigenvalue weighted by molar-refractivity contribution is -0.153. The van der Waals surface area contributed by atoms with E-state index in [0.717, 1.165) is 0 Å². The normalized spacial score (nSPS) is 17.5. The number of piperidine rings is 1. The first-order valence-electron chi connectivity index (χ1n) is 6.40. The molecular weight excluding hydrogens is 316 g/mol. The zero-order chi connectivity index (χ0) is 15.5. The summed E-state index contributed by atoms with van der Waals surface area (Å²) in [6.07, 6.45) is 0.754. The van der Waals surface area contributed by atoms with E-state index in [1.165, 1.54) is 15.6 Å². The second-order valence-corrected chi connectivity index (χ2v) is 7.80. The maximum Gasteiger partial charge on any atom is 0.309 e. The Bertz CT molecular complexity index is 604. The van der Waals surface area contributed by atoms with E-state index in [-0.39, 0.29) is 19.0 Å². The van der Waals surface area contributed by atoms with Gasteiger partial charge in [0.2, 0.25) is 0 Å². The van der Waals surface area contributed by atoms with E-state index < -0.39 is 28.5 Å². The summed E-state index contributed by atoms with van der Waals surface area (Å²) in [4.78, 5) is 22.3. The average Bonchev–Trinajstić information content (AvgIpc) is 2.99. The highest BCUT2D eigenvalue weighted by Gasteiger charge is 2.33. The van der Waals surface area contributed by atoms with Crippen LogP contribution in [0.25, 0.3) is 0 Å². The van der Waals surface area contributed by atoms with Crippen molar-refractivity contribution in [2.24, 2.45) is 11.7 Å². The molecule has 2 heterocycles. The van der Waals surface area contributed by atoms with Gasteiger partial charge in [-0.1, -0.05) is 6.07 Å². The van der Waals surface area contributed by atoms with Crippen LogP contribution < -0.4 is 5.73 Å². The maximum atomic E-state index is 12.3. The van der Waals surface area contributed by atoms with Crippen molar-refractivity contribution in [3.05, 3.63) is 17.5 Å². The van der Waals surface area contributed by atoms with Crippen molar-refractivity contribution < 1.29 is 22.7 Å². The lowest BCUT2D eigenvalue weighted by Crippen LogP contribution is -2.40. The molecule has 1 aliphatic heterocycles. The Morgan fingerprint density at radius 3 is 2.57 bits per heavy atom. The molecule has 0 spiro atoms. The summed E-state index contributed by atoms with van der Waals surface area (Å²) >= 11 is 1.17. The zero-order valence-electron chi connectivity index (χ0n) is 11.2. The Labute approximate surface area is 126 Å². The van der Waals surface area contributed by atoms with Crippen LogP contribution >= 0.6 is 11.3 Å². The van der Waals surface area contributed by atoms with Gasteiger partial charge in [-0.15, -0.1) is 11.3 Å². The van der Waals surface area contributed by atoms with Gasteiger partial charge in [-0.25, -0.2) is 8.42 Å². The molecule has 0 bridgehead atoms. The number of primary amides is 1. The molecule has 2 N–H and O–H groups in total. The van der Waals surface area contributed by atoms with Gasteiger partial charge in [-0.05, 0) is 24.3 Å². The van der Waals surface area contributed by atoms with Gasteiger partial charge < -0.3 is 10.5 Å². The summed E-state index contributed by atoms with van der Waals surface area (Å²) in [7, 11) is -3.47. The van der Waals surface area contributed by atoms with Crippen LogP contribution in [0.2, 0.25) is 0 Å². The largest absolute Gasteiger partial charge is 0.455 e. The third-order valence-corrected chi connectivity index (χ3v) is 6.50. The third kappa shape index (κ3) is 3.80. The maximum absolute atomic E-state index is 12.3. The average molecular weight is 332 g/mol. The number of thiophene rings is 1. The molecule has 0 atom stereocenters. The molecule has 116 valence electrons. The Morgan fingerprint density at radius 1 is 1.38 bits per heavy atom. The number of carbonyl (C=O) groups is 2. The van der Waals surface area contributed by atoms with Gasteiger partial charge in [0.05, 0.1) is 5.92 Å². The van der Waals surface area contributed by atoms with Gasteiger partial charge in [0, 0.05) is 13.1 Å². The van der Waals surface area contributed by atoms with Gasteiger partial charge in [0.1, 0.15) is 4.21 Å².